The van der Waals surface area contributed by atoms with Gasteiger partial charge < -0.3 is 15.4 Å². The van der Waals surface area contributed by atoms with Gasteiger partial charge in [0.05, 0.1) is 6.54 Å². The zero-order chi connectivity index (χ0) is 15.5. The van der Waals surface area contributed by atoms with Crippen LogP contribution in [0.15, 0.2) is 29.3 Å². The van der Waals surface area contributed by atoms with E-state index in [9.17, 15) is 4.39 Å². The van der Waals surface area contributed by atoms with Gasteiger partial charge in [-0.25, -0.2) is 4.39 Å². The van der Waals surface area contributed by atoms with Crippen molar-refractivity contribution in [1.82, 2.24) is 10.6 Å². The summed E-state index contributed by atoms with van der Waals surface area (Å²) in [6.07, 6.45) is 3.37. The van der Waals surface area contributed by atoms with Gasteiger partial charge in [-0.1, -0.05) is 31.9 Å². The first-order valence-corrected chi connectivity index (χ1v) is 7.53. The maximum Gasteiger partial charge on any atom is 0.191 e. The van der Waals surface area contributed by atoms with Crippen LogP contribution in [0, 0.1) is 5.82 Å². The van der Waals surface area contributed by atoms with Crippen LogP contribution in [0.25, 0.3) is 0 Å². The molecule has 22 heavy (non-hydrogen) atoms. The summed E-state index contributed by atoms with van der Waals surface area (Å²) in [6.45, 7) is 5.52. The fourth-order valence-corrected chi connectivity index (χ4v) is 1.84. The molecule has 0 aliphatic rings. The molecule has 0 spiro atoms. The highest BCUT2D eigenvalue weighted by atomic mass is 127. The van der Waals surface area contributed by atoms with Gasteiger partial charge in [-0.2, -0.15) is 0 Å². The first-order valence-electron chi connectivity index (χ1n) is 7.53. The second kappa shape index (κ2) is 12.5. The Kier molecular flexibility index (Phi) is 11.9. The number of benzene rings is 1. The molecule has 1 atom stereocenters. The molecule has 126 valence electrons. The summed E-state index contributed by atoms with van der Waals surface area (Å²) in [5.74, 6) is 0.680. The fraction of sp³-hybridized carbons (Fsp3) is 0.562. The predicted octanol–water partition coefficient (Wildman–Crippen LogP) is 3.57. The summed E-state index contributed by atoms with van der Waals surface area (Å²) in [5, 5.41) is 6.42. The zero-order valence-corrected chi connectivity index (χ0v) is 15.9. The van der Waals surface area contributed by atoms with Crippen LogP contribution >= 0.6 is 24.0 Å². The molecule has 0 heterocycles. The van der Waals surface area contributed by atoms with Crippen LogP contribution in [-0.4, -0.2) is 32.2 Å². The molecule has 1 aromatic rings. The van der Waals surface area contributed by atoms with E-state index >= 15 is 0 Å². The number of nitrogens with zero attached hydrogens (tertiary/aromatic N) is 1. The molecular weight excluding hydrogens is 396 g/mol. The highest BCUT2D eigenvalue weighted by Crippen LogP contribution is 2.16. The topological polar surface area (TPSA) is 45.7 Å². The van der Waals surface area contributed by atoms with E-state index in [1.165, 1.54) is 18.9 Å². The molecule has 0 aromatic heterocycles. The number of para-hydroxylation sites is 1. The number of aliphatic imine (C=N–C) groups is 1. The Labute approximate surface area is 149 Å². The highest BCUT2D eigenvalue weighted by molar-refractivity contribution is 14.0. The molecule has 0 radical (unpaired) electrons. The Bertz CT molecular complexity index is 443. The number of nitrogens with one attached hydrogen (secondary N) is 2. The number of hydrogen-bond acceptors (Lipinski definition) is 2. The second-order valence-electron chi connectivity index (χ2n) is 4.95. The summed E-state index contributed by atoms with van der Waals surface area (Å²) in [4.78, 5) is 4.15. The second-order valence-corrected chi connectivity index (χ2v) is 4.95. The van der Waals surface area contributed by atoms with Gasteiger partial charge in [0.25, 0.3) is 0 Å². The number of halogens is 2. The number of rotatable bonds is 8. The smallest absolute Gasteiger partial charge is 0.191 e. The van der Waals surface area contributed by atoms with Crippen molar-refractivity contribution in [2.45, 2.75) is 39.2 Å². The van der Waals surface area contributed by atoms with Crippen LogP contribution in [0.1, 0.15) is 33.1 Å². The van der Waals surface area contributed by atoms with Crippen molar-refractivity contribution in [2.24, 2.45) is 4.99 Å². The number of unbranched alkanes of at least 4 members (excludes halogenated alkanes) is 2. The van der Waals surface area contributed by atoms with E-state index in [-0.39, 0.29) is 41.6 Å². The Morgan fingerprint density at radius 1 is 1.27 bits per heavy atom. The van der Waals surface area contributed by atoms with Crippen molar-refractivity contribution in [3.8, 4) is 5.75 Å². The molecule has 0 bridgehead atoms. The lowest BCUT2D eigenvalue weighted by Crippen LogP contribution is -2.42. The van der Waals surface area contributed by atoms with Crippen molar-refractivity contribution in [2.75, 3.05) is 20.1 Å². The number of hydrogen-bond donors (Lipinski definition) is 2. The van der Waals surface area contributed by atoms with Crippen molar-refractivity contribution in [3.63, 3.8) is 0 Å². The third-order valence-corrected chi connectivity index (χ3v) is 3.02. The average molecular weight is 423 g/mol. The molecule has 1 unspecified atom stereocenters. The molecule has 6 heteroatoms. The lowest BCUT2D eigenvalue weighted by Gasteiger charge is -2.18. The Morgan fingerprint density at radius 3 is 2.64 bits per heavy atom. The molecule has 4 nitrogen and oxygen atoms in total. The van der Waals surface area contributed by atoms with E-state index in [4.69, 9.17) is 4.74 Å². The van der Waals surface area contributed by atoms with Crippen molar-refractivity contribution >= 4 is 29.9 Å². The van der Waals surface area contributed by atoms with E-state index in [0.717, 1.165) is 18.9 Å². The maximum absolute atomic E-state index is 13.5. The lowest BCUT2D eigenvalue weighted by molar-refractivity contribution is 0.214. The summed E-state index contributed by atoms with van der Waals surface area (Å²) in [5.41, 5.74) is 0. The summed E-state index contributed by atoms with van der Waals surface area (Å²) in [6, 6.07) is 6.42. The molecule has 1 rings (SSSR count). The normalized spacial score (nSPS) is 12.3. The Morgan fingerprint density at radius 2 is 2.00 bits per heavy atom. The molecule has 0 saturated heterocycles. The highest BCUT2D eigenvalue weighted by Gasteiger charge is 2.08. The molecule has 0 amide bonds. The SMILES string of the molecule is CCCCCNC(=NC)NCC(C)Oc1ccccc1F.I. The van der Waals surface area contributed by atoms with Gasteiger partial charge in [0.1, 0.15) is 6.10 Å². The number of ether oxygens (including phenoxy) is 1. The van der Waals surface area contributed by atoms with Gasteiger partial charge in [-0.3, -0.25) is 4.99 Å². The first kappa shape index (κ1) is 20.9. The van der Waals surface area contributed by atoms with E-state index < -0.39 is 0 Å². The van der Waals surface area contributed by atoms with Crippen LogP contribution < -0.4 is 15.4 Å². The molecule has 0 fully saturated rings. The average Bonchev–Trinajstić information content (AvgIpc) is 2.49. The quantitative estimate of drug-likeness (QED) is 0.291. The van der Waals surface area contributed by atoms with Crippen molar-refractivity contribution in [3.05, 3.63) is 30.1 Å². The van der Waals surface area contributed by atoms with Gasteiger partial charge in [-0.15, -0.1) is 24.0 Å². The standard InChI is InChI=1S/C16H26FN3O.HI/c1-4-5-8-11-19-16(18-3)20-12-13(2)21-15-10-7-6-9-14(15)17;/h6-7,9-10,13H,4-5,8,11-12H2,1-3H3,(H2,18,19,20);1H. The Balaban J connectivity index is 0.00000441. The van der Waals surface area contributed by atoms with Gasteiger partial charge in [0.2, 0.25) is 0 Å². The van der Waals surface area contributed by atoms with Crippen molar-refractivity contribution in [1.29, 1.82) is 0 Å². The fourth-order valence-electron chi connectivity index (χ4n) is 1.84. The van der Waals surface area contributed by atoms with Crippen LogP contribution in [-0.2, 0) is 0 Å². The van der Waals surface area contributed by atoms with E-state index in [1.54, 1.807) is 25.2 Å². The minimum Gasteiger partial charge on any atom is -0.486 e. The number of guanidine groups is 1. The van der Waals surface area contributed by atoms with Crippen molar-refractivity contribution < 1.29 is 9.13 Å². The predicted molar refractivity (Wildman–Crippen MR) is 101 cm³/mol. The third-order valence-electron chi connectivity index (χ3n) is 3.02. The maximum atomic E-state index is 13.5. The molecular formula is C16H27FIN3O. The minimum absolute atomic E-state index is 0. The largest absolute Gasteiger partial charge is 0.486 e. The van der Waals surface area contributed by atoms with Crippen LogP contribution in [0.2, 0.25) is 0 Å². The summed E-state index contributed by atoms with van der Waals surface area (Å²) >= 11 is 0. The molecule has 0 aliphatic carbocycles. The molecule has 1 aromatic carbocycles. The zero-order valence-electron chi connectivity index (χ0n) is 13.6. The lowest BCUT2D eigenvalue weighted by atomic mass is 10.2. The first-order chi connectivity index (χ1) is 10.2. The molecule has 0 aliphatic heterocycles. The monoisotopic (exact) mass is 423 g/mol. The van der Waals surface area contributed by atoms with E-state index in [0.29, 0.717) is 6.54 Å². The van der Waals surface area contributed by atoms with E-state index in [2.05, 4.69) is 22.5 Å². The minimum atomic E-state index is -0.341. The van der Waals surface area contributed by atoms with Crippen LogP contribution in [0.3, 0.4) is 0 Å². The Hall–Kier alpha value is -1.05. The van der Waals surface area contributed by atoms with Gasteiger partial charge >= 0.3 is 0 Å². The van der Waals surface area contributed by atoms with Gasteiger partial charge in [-0.05, 0) is 25.5 Å². The summed E-state index contributed by atoms with van der Waals surface area (Å²) in [7, 11) is 1.73. The third kappa shape index (κ3) is 8.41. The van der Waals surface area contributed by atoms with Gasteiger partial charge in [0.15, 0.2) is 17.5 Å². The van der Waals surface area contributed by atoms with Gasteiger partial charge in [0, 0.05) is 13.6 Å². The van der Waals surface area contributed by atoms with Crippen LogP contribution in [0.4, 0.5) is 4.39 Å². The van der Waals surface area contributed by atoms with Crippen LogP contribution in [0.5, 0.6) is 5.75 Å². The summed E-state index contributed by atoms with van der Waals surface area (Å²) < 4.78 is 19.0. The van der Waals surface area contributed by atoms with E-state index in [1.807, 2.05) is 6.92 Å². The molecule has 2 N–H and O–H groups in total. The molecule has 0 saturated carbocycles.